The van der Waals surface area contributed by atoms with E-state index in [1.807, 2.05) is 6.92 Å². The molecule has 1 rings (SSSR count). The van der Waals surface area contributed by atoms with Gasteiger partial charge in [-0.2, -0.15) is 0 Å². The zero-order valence-electron chi connectivity index (χ0n) is 11.5. The number of carboxylic acids is 1. The Morgan fingerprint density at radius 3 is 2.58 bits per heavy atom. The van der Waals surface area contributed by atoms with Crippen LogP contribution in [0.15, 0.2) is 0 Å². The van der Waals surface area contributed by atoms with Crippen LogP contribution in [0, 0.1) is 0 Å². The molecule has 3 N–H and O–H groups in total. The van der Waals surface area contributed by atoms with Crippen LogP contribution >= 0.6 is 0 Å². The second-order valence-corrected chi connectivity index (χ2v) is 5.05. The molecule has 0 bridgehead atoms. The number of ether oxygens (including phenoxy) is 1. The van der Waals surface area contributed by atoms with E-state index in [1.54, 1.807) is 0 Å². The zero-order chi connectivity index (χ0) is 14.1. The van der Waals surface area contributed by atoms with Gasteiger partial charge in [0.05, 0.1) is 12.0 Å². The first-order valence-corrected chi connectivity index (χ1v) is 6.93. The Kier molecular flexibility index (Phi) is 6.62. The lowest BCUT2D eigenvalue weighted by Crippen LogP contribution is -2.57. The Hall–Kier alpha value is -1.30. The minimum Gasteiger partial charge on any atom is -0.481 e. The fourth-order valence-corrected chi connectivity index (χ4v) is 2.15. The number of aliphatic carboxylic acids is 1. The molecule has 0 unspecified atom stereocenters. The predicted octanol–water partition coefficient (Wildman–Crippen LogP) is 1.50. The minimum absolute atomic E-state index is 0.0000309. The lowest BCUT2D eigenvalue weighted by molar-refractivity contribution is -0.139. The molecule has 0 radical (unpaired) electrons. The zero-order valence-corrected chi connectivity index (χ0v) is 11.5. The van der Waals surface area contributed by atoms with Crippen LogP contribution in [-0.4, -0.2) is 42.4 Å². The van der Waals surface area contributed by atoms with Crippen molar-refractivity contribution in [3.05, 3.63) is 0 Å². The molecule has 0 aliphatic heterocycles. The number of carboxylic acid groups (broad SMARTS) is 1. The smallest absolute Gasteiger partial charge is 0.315 e. The molecule has 1 saturated carbocycles. The van der Waals surface area contributed by atoms with Gasteiger partial charge < -0.3 is 20.5 Å². The lowest BCUT2D eigenvalue weighted by Gasteiger charge is -2.41. The van der Waals surface area contributed by atoms with Gasteiger partial charge in [0.15, 0.2) is 0 Å². The maximum atomic E-state index is 11.7. The molecule has 6 heteroatoms. The molecule has 0 heterocycles. The van der Waals surface area contributed by atoms with Gasteiger partial charge in [-0.1, -0.05) is 6.92 Å². The van der Waals surface area contributed by atoms with Crippen molar-refractivity contribution >= 4 is 12.0 Å². The fourth-order valence-electron chi connectivity index (χ4n) is 2.15. The second kappa shape index (κ2) is 7.99. The standard InChI is InChI=1S/C13H24N2O4/c1-2-8-19-9-4-7-14-12(18)15-13(5-3-6-13)10-11(16)17/h2-10H2,1H3,(H,16,17)(H2,14,15,18). The van der Waals surface area contributed by atoms with Crippen LogP contribution in [0.4, 0.5) is 4.79 Å². The molecule has 0 aromatic heterocycles. The van der Waals surface area contributed by atoms with E-state index < -0.39 is 11.5 Å². The maximum absolute atomic E-state index is 11.7. The topological polar surface area (TPSA) is 87.7 Å². The minimum atomic E-state index is -0.868. The van der Waals surface area contributed by atoms with Crippen LogP contribution in [0.5, 0.6) is 0 Å². The van der Waals surface area contributed by atoms with Crippen molar-refractivity contribution < 1.29 is 19.4 Å². The lowest BCUT2D eigenvalue weighted by atomic mass is 9.74. The van der Waals surface area contributed by atoms with Crippen LogP contribution in [0.3, 0.4) is 0 Å². The number of hydrogen-bond acceptors (Lipinski definition) is 3. The normalized spacial score (nSPS) is 16.5. The number of carbonyl (C=O) groups excluding carboxylic acids is 1. The number of hydrogen-bond donors (Lipinski definition) is 3. The van der Waals surface area contributed by atoms with Gasteiger partial charge in [-0.3, -0.25) is 4.79 Å². The predicted molar refractivity (Wildman–Crippen MR) is 71.1 cm³/mol. The summed E-state index contributed by atoms with van der Waals surface area (Å²) >= 11 is 0. The number of amides is 2. The van der Waals surface area contributed by atoms with E-state index in [2.05, 4.69) is 10.6 Å². The van der Waals surface area contributed by atoms with Crippen molar-refractivity contribution in [3.63, 3.8) is 0 Å². The van der Waals surface area contributed by atoms with Crippen LogP contribution in [0.25, 0.3) is 0 Å². The van der Waals surface area contributed by atoms with Gasteiger partial charge in [0, 0.05) is 19.8 Å². The van der Waals surface area contributed by atoms with Crippen molar-refractivity contribution in [3.8, 4) is 0 Å². The van der Waals surface area contributed by atoms with Gasteiger partial charge in [-0.25, -0.2) is 4.79 Å². The van der Waals surface area contributed by atoms with Crippen molar-refractivity contribution in [2.45, 2.75) is 51.0 Å². The van der Waals surface area contributed by atoms with E-state index in [-0.39, 0.29) is 12.5 Å². The van der Waals surface area contributed by atoms with Gasteiger partial charge in [0.1, 0.15) is 0 Å². The third-order valence-electron chi connectivity index (χ3n) is 3.28. The molecule has 6 nitrogen and oxygen atoms in total. The van der Waals surface area contributed by atoms with E-state index in [0.29, 0.717) is 13.2 Å². The highest BCUT2D eigenvalue weighted by Crippen LogP contribution is 2.34. The first-order chi connectivity index (χ1) is 9.08. The van der Waals surface area contributed by atoms with Gasteiger partial charge in [-0.05, 0) is 32.1 Å². The van der Waals surface area contributed by atoms with Crippen molar-refractivity contribution in [1.29, 1.82) is 0 Å². The number of nitrogens with one attached hydrogen (secondary N) is 2. The first-order valence-electron chi connectivity index (χ1n) is 6.93. The highest BCUT2D eigenvalue weighted by Gasteiger charge is 2.40. The van der Waals surface area contributed by atoms with Gasteiger partial charge in [0.2, 0.25) is 0 Å². The molecule has 0 atom stereocenters. The summed E-state index contributed by atoms with van der Waals surface area (Å²) in [6, 6.07) is -0.281. The molecule has 0 aromatic carbocycles. The van der Waals surface area contributed by atoms with Crippen LogP contribution < -0.4 is 10.6 Å². The number of urea groups is 1. The van der Waals surface area contributed by atoms with E-state index >= 15 is 0 Å². The maximum Gasteiger partial charge on any atom is 0.315 e. The molecule has 0 aromatic rings. The summed E-state index contributed by atoms with van der Waals surface area (Å²) in [6.07, 6.45) is 4.21. The monoisotopic (exact) mass is 272 g/mol. The molecule has 19 heavy (non-hydrogen) atoms. The number of rotatable bonds is 9. The van der Waals surface area contributed by atoms with Gasteiger partial charge >= 0.3 is 12.0 Å². The van der Waals surface area contributed by atoms with Crippen LogP contribution in [-0.2, 0) is 9.53 Å². The summed E-state index contributed by atoms with van der Waals surface area (Å²) < 4.78 is 5.30. The SMILES string of the molecule is CCCOCCCNC(=O)NC1(CC(=O)O)CCC1. The summed E-state index contributed by atoms with van der Waals surface area (Å²) in [4.78, 5) is 22.4. The highest BCUT2D eigenvalue weighted by atomic mass is 16.5. The molecule has 1 aliphatic rings. The summed E-state index contributed by atoms with van der Waals surface area (Å²) in [5, 5.41) is 14.4. The third-order valence-corrected chi connectivity index (χ3v) is 3.28. The average Bonchev–Trinajstić information content (AvgIpc) is 2.30. The molecule has 1 fully saturated rings. The van der Waals surface area contributed by atoms with E-state index in [1.165, 1.54) is 0 Å². The summed E-state index contributed by atoms with van der Waals surface area (Å²) in [5.41, 5.74) is -0.533. The second-order valence-electron chi connectivity index (χ2n) is 5.05. The molecular formula is C13H24N2O4. The Morgan fingerprint density at radius 1 is 1.32 bits per heavy atom. The van der Waals surface area contributed by atoms with Gasteiger partial charge in [0.25, 0.3) is 0 Å². The van der Waals surface area contributed by atoms with E-state index in [0.717, 1.165) is 38.7 Å². The van der Waals surface area contributed by atoms with Gasteiger partial charge in [-0.15, -0.1) is 0 Å². The molecule has 0 spiro atoms. The Balaban J connectivity index is 2.14. The fraction of sp³-hybridized carbons (Fsp3) is 0.846. The quantitative estimate of drug-likeness (QED) is 0.555. The molecule has 1 aliphatic carbocycles. The summed E-state index contributed by atoms with van der Waals surface area (Å²) in [6.45, 7) is 3.97. The van der Waals surface area contributed by atoms with Crippen molar-refractivity contribution in [2.75, 3.05) is 19.8 Å². The molecule has 2 amide bonds. The Labute approximate surface area is 113 Å². The number of carbonyl (C=O) groups is 2. The average molecular weight is 272 g/mol. The first kappa shape index (κ1) is 15.8. The van der Waals surface area contributed by atoms with E-state index in [4.69, 9.17) is 9.84 Å². The van der Waals surface area contributed by atoms with Crippen molar-refractivity contribution in [1.82, 2.24) is 10.6 Å². The molecule has 110 valence electrons. The van der Waals surface area contributed by atoms with Crippen LogP contribution in [0.1, 0.15) is 45.4 Å². The molecule has 0 saturated heterocycles. The largest absolute Gasteiger partial charge is 0.481 e. The Morgan fingerprint density at radius 2 is 2.05 bits per heavy atom. The third kappa shape index (κ3) is 5.92. The van der Waals surface area contributed by atoms with E-state index in [9.17, 15) is 9.59 Å². The highest BCUT2D eigenvalue weighted by molar-refractivity contribution is 5.77. The van der Waals surface area contributed by atoms with Crippen LogP contribution in [0.2, 0.25) is 0 Å². The Bertz CT molecular complexity index is 303. The summed E-state index contributed by atoms with van der Waals surface area (Å²) in [5.74, 6) is -0.868. The summed E-state index contributed by atoms with van der Waals surface area (Å²) in [7, 11) is 0. The van der Waals surface area contributed by atoms with Crippen molar-refractivity contribution in [2.24, 2.45) is 0 Å². The molecular weight excluding hydrogens is 248 g/mol.